The van der Waals surface area contributed by atoms with Crippen molar-refractivity contribution >= 4 is 11.7 Å². The van der Waals surface area contributed by atoms with Crippen molar-refractivity contribution in [2.45, 2.75) is 6.92 Å². The Hall–Kier alpha value is -2.49. The molecule has 2 N–H and O–H groups in total. The Balaban J connectivity index is 2.24. The van der Waals surface area contributed by atoms with Gasteiger partial charge in [0.1, 0.15) is 11.5 Å². The number of aryl methyl sites for hydroxylation is 1. The number of methoxy groups -OCH3 is 1. The molecule has 0 radical (unpaired) electrons. The quantitative estimate of drug-likeness (QED) is 0.677. The van der Waals surface area contributed by atoms with Crippen LogP contribution in [0.2, 0.25) is 0 Å². The van der Waals surface area contributed by atoms with Crippen molar-refractivity contribution in [2.24, 2.45) is 0 Å². The molecule has 0 aliphatic carbocycles. The number of hydrogen-bond acceptors (Lipinski definition) is 4. The number of rotatable bonds is 3. The minimum absolute atomic E-state index is 0.393. The second-order valence-corrected chi connectivity index (χ2v) is 4.16. The van der Waals surface area contributed by atoms with Gasteiger partial charge in [-0.25, -0.2) is 4.79 Å². The van der Waals surface area contributed by atoms with Gasteiger partial charge in [-0.1, -0.05) is 12.1 Å². The fraction of sp³-hybridized carbons (Fsp3) is 0.133. The number of benzene rings is 2. The monoisotopic (exact) mass is 257 g/mol. The summed E-state index contributed by atoms with van der Waals surface area (Å²) >= 11 is 0. The van der Waals surface area contributed by atoms with Crippen LogP contribution in [0.15, 0.2) is 42.5 Å². The molecule has 2 aromatic carbocycles. The molecule has 4 heteroatoms. The summed E-state index contributed by atoms with van der Waals surface area (Å²) in [6, 6.07) is 12.5. The first-order chi connectivity index (χ1) is 9.10. The molecule has 0 spiro atoms. The van der Waals surface area contributed by atoms with Gasteiger partial charge in [-0.05, 0) is 42.8 Å². The van der Waals surface area contributed by atoms with E-state index in [2.05, 4.69) is 4.74 Å². The Kier molecular flexibility index (Phi) is 3.71. The first kappa shape index (κ1) is 13.0. The summed E-state index contributed by atoms with van der Waals surface area (Å²) in [6.07, 6.45) is 0. The number of carbonyl (C=O) groups excluding carboxylic acids is 1. The maximum Gasteiger partial charge on any atom is 0.337 e. The molecule has 0 bridgehead atoms. The van der Waals surface area contributed by atoms with Crippen molar-refractivity contribution in [3.05, 3.63) is 53.6 Å². The standard InChI is InChI=1S/C15H15NO3/c1-10-4-3-5-12(8-10)19-14-7-6-11(9-13(14)16)15(17)18-2/h3-9H,16H2,1-2H3. The largest absolute Gasteiger partial charge is 0.465 e. The molecule has 0 unspecified atom stereocenters. The van der Waals surface area contributed by atoms with E-state index in [1.54, 1.807) is 12.1 Å². The third kappa shape index (κ3) is 3.04. The van der Waals surface area contributed by atoms with Crippen molar-refractivity contribution in [2.75, 3.05) is 12.8 Å². The summed E-state index contributed by atoms with van der Waals surface area (Å²) in [5.74, 6) is 0.796. The highest BCUT2D eigenvalue weighted by Gasteiger charge is 2.09. The van der Waals surface area contributed by atoms with Crippen LogP contribution in [0, 0.1) is 6.92 Å². The molecule has 2 rings (SSSR count). The lowest BCUT2D eigenvalue weighted by Crippen LogP contribution is -2.02. The Morgan fingerprint density at radius 2 is 1.95 bits per heavy atom. The molecule has 0 amide bonds. The Labute approximate surface area is 111 Å². The molecule has 19 heavy (non-hydrogen) atoms. The summed E-state index contributed by atoms with van der Waals surface area (Å²) in [7, 11) is 1.33. The van der Waals surface area contributed by atoms with E-state index in [0.29, 0.717) is 22.7 Å². The molecule has 0 heterocycles. The molecular formula is C15H15NO3. The Morgan fingerprint density at radius 1 is 1.16 bits per heavy atom. The maximum absolute atomic E-state index is 11.4. The summed E-state index contributed by atoms with van der Waals surface area (Å²) in [5.41, 5.74) is 7.76. The number of ether oxygens (including phenoxy) is 2. The second kappa shape index (κ2) is 5.44. The summed E-state index contributed by atoms with van der Waals surface area (Å²) < 4.78 is 10.3. The van der Waals surface area contributed by atoms with Crippen LogP contribution in [0.4, 0.5) is 5.69 Å². The van der Waals surface area contributed by atoms with Crippen LogP contribution in [0.1, 0.15) is 15.9 Å². The van der Waals surface area contributed by atoms with E-state index in [-0.39, 0.29) is 0 Å². The van der Waals surface area contributed by atoms with E-state index in [1.165, 1.54) is 13.2 Å². The van der Waals surface area contributed by atoms with Crippen molar-refractivity contribution in [1.82, 2.24) is 0 Å². The highest BCUT2D eigenvalue weighted by atomic mass is 16.5. The average Bonchev–Trinajstić information content (AvgIpc) is 2.40. The highest BCUT2D eigenvalue weighted by Crippen LogP contribution is 2.28. The van der Waals surface area contributed by atoms with E-state index >= 15 is 0 Å². The lowest BCUT2D eigenvalue weighted by Gasteiger charge is -2.10. The Bertz CT molecular complexity index is 608. The number of esters is 1. The topological polar surface area (TPSA) is 61.5 Å². The molecule has 0 saturated carbocycles. The van der Waals surface area contributed by atoms with Crippen molar-refractivity contribution < 1.29 is 14.3 Å². The summed E-state index contributed by atoms with van der Waals surface area (Å²) in [5, 5.41) is 0. The van der Waals surface area contributed by atoms with Crippen molar-refractivity contribution in [3.63, 3.8) is 0 Å². The van der Waals surface area contributed by atoms with E-state index < -0.39 is 5.97 Å². The molecular weight excluding hydrogens is 242 g/mol. The molecule has 98 valence electrons. The second-order valence-electron chi connectivity index (χ2n) is 4.16. The fourth-order valence-corrected chi connectivity index (χ4v) is 1.69. The highest BCUT2D eigenvalue weighted by molar-refractivity contribution is 5.90. The third-order valence-corrected chi connectivity index (χ3v) is 2.65. The van der Waals surface area contributed by atoms with E-state index in [1.807, 2.05) is 31.2 Å². The number of nitrogen functional groups attached to an aromatic ring is 1. The normalized spacial score (nSPS) is 10.0. The first-order valence-corrected chi connectivity index (χ1v) is 5.82. The number of nitrogens with two attached hydrogens (primary N) is 1. The third-order valence-electron chi connectivity index (χ3n) is 2.65. The fourth-order valence-electron chi connectivity index (χ4n) is 1.69. The van der Waals surface area contributed by atoms with E-state index in [9.17, 15) is 4.79 Å². The van der Waals surface area contributed by atoms with Crippen LogP contribution in [0.3, 0.4) is 0 Å². The molecule has 4 nitrogen and oxygen atoms in total. The van der Waals surface area contributed by atoms with Gasteiger partial charge in [0.25, 0.3) is 0 Å². The van der Waals surface area contributed by atoms with Gasteiger partial charge < -0.3 is 15.2 Å². The average molecular weight is 257 g/mol. The molecule has 0 saturated heterocycles. The number of hydrogen-bond donors (Lipinski definition) is 1. The van der Waals surface area contributed by atoms with Gasteiger partial charge in [-0.2, -0.15) is 0 Å². The van der Waals surface area contributed by atoms with Crippen LogP contribution < -0.4 is 10.5 Å². The molecule has 0 atom stereocenters. The summed E-state index contributed by atoms with van der Waals surface area (Å²) in [4.78, 5) is 11.4. The smallest absolute Gasteiger partial charge is 0.337 e. The van der Waals surface area contributed by atoms with Gasteiger partial charge in [0.15, 0.2) is 0 Å². The van der Waals surface area contributed by atoms with E-state index in [0.717, 1.165) is 5.56 Å². The van der Waals surface area contributed by atoms with Crippen molar-refractivity contribution in [1.29, 1.82) is 0 Å². The molecule has 0 aliphatic heterocycles. The predicted octanol–water partition coefficient (Wildman–Crippen LogP) is 3.16. The zero-order valence-corrected chi connectivity index (χ0v) is 10.8. The van der Waals surface area contributed by atoms with Gasteiger partial charge in [0.05, 0.1) is 18.4 Å². The maximum atomic E-state index is 11.4. The zero-order valence-electron chi connectivity index (χ0n) is 10.8. The van der Waals surface area contributed by atoms with Crippen LogP contribution in [0.5, 0.6) is 11.5 Å². The molecule has 0 aromatic heterocycles. The van der Waals surface area contributed by atoms with Crippen LogP contribution in [-0.2, 0) is 4.74 Å². The lowest BCUT2D eigenvalue weighted by atomic mass is 10.2. The van der Waals surface area contributed by atoms with E-state index in [4.69, 9.17) is 10.5 Å². The van der Waals surface area contributed by atoms with Gasteiger partial charge >= 0.3 is 5.97 Å². The first-order valence-electron chi connectivity index (χ1n) is 5.82. The van der Waals surface area contributed by atoms with Gasteiger partial charge in [-0.3, -0.25) is 0 Å². The van der Waals surface area contributed by atoms with Crippen LogP contribution >= 0.6 is 0 Å². The minimum atomic E-state index is -0.422. The van der Waals surface area contributed by atoms with Crippen molar-refractivity contribution in [3.8, 4) is 11.5 Å². The van der Waals surface area contributed by atoms with Crippen LogP contribution in [0.25, 0.3) is 0 Å². The zero-order chi connectivity index (χ0) is 13.8. The SMILES string of the molecule is COC(=O)c1ccc(Oc2cccc(C)c2)c(N)c1. The van der Waals surface area contributed by atoms with Gasteiger partial charge in [-0.15, -0.1) is 0 Å². The molecule has 2 aromatic rings. The molecule has 0 aliphatic rings. The number of carbonyl (C=O) groups is 1. The van der Waals surface area contributed by atoms with Gasteiger partial charge in [0, 0.05) is 0 Å². The molecule has 0 fully saturated rings. The van der Waals surface area contributed by atoms with Gasteiger partial charge in [0.2, 0.25) is 0 Å². The lowest BCUT2D eigenvalue weighted by molar-refractivity contribution is 0.0601. The predicted molar refractivity (Wildman–Crippen MR) is 73.4 cm³/mol. The Morgan fingerprint density at radius 3 is 2.58 bits per heavy atom. The summed E-state index contributed by atoms with van der Waals surface area (Å²) in [6.45, 7) is 1.98. The minimum Gasteiger partial charge on any atom is -0.465 e. The van der Waals surface area contributed by atoms with Crippen LogP contribution in [-0.4, -0.2) is 13.1 Å². The number of anilines is 1.